The van der Waals surface area contributed by atoms with Crippen molar-refractivity contribution in [3.63, 3.8) is 0 Å². The van der Waals surface area contributed by atoms with Gasteiger partial charge in [0, 0.05) is 32.2 Å². The van der Waals surface area contributed by atoms with Gasteiger partial charge in [-0.15, -0.1) is 0 Å². The molecule has 1 aliphatic rings. The van der Waals surface area contributed by atoms with Gasteiger partial charge in [-0.2, -0.15) is 4.31 Å². The summed E-state index contributed by atoms with van der Waals surface area (Å²) in [5, 5.41) is 3.20. The first-order valence-corrected chi connectivity index (χ1v) is 10.6. The maximum absolute atomic E-state index is 13.9. The molecule has 1 saturated heterocycles. The predicted octanol–water partition coefficient (Wildman–Crippen LogP) is 2.01. The van der Waals surface area contributed by atoms with E-state index in [1.807, 2.05) is 37.3 Å². The van der Waals surface area contributed by atoms with Crippen molar-refractivity contribution >= 4 is 15.9 Å². The number of nitrogens with zero attached hydrogens (tertiary/aromatic N) is 2. The van der Waals surface area contributed by atoms with Crippen LogP contribution in [0.4, 0.5) is 4.39 Å². The second kappa shape index (κ2) is 8.81. The van der Waals surface area contributed by atoms with Crippen molar-refractivity contribution in [3.8, 4) is 0 Å². The van der Waals surface area contributed by atoms with Crippen LogP contribution in [0.2, 0.25) is 0 Å². The molecule has 1 heterocycles. The van der Waals surface area contributed by atoms with Gasteiger partial charge in [-0.05, 0) is 24.6 Å². The van der Waals surface area contributed by atoms with Gasteiger partial charge in [-0.3, -0.25) is 4.79 Å². The Balaban J connectivity index is 1.53. The third kappa shape index (κ3) is 4.57. The molecule has 2 aromatic rings. The van der Waals surface area contributed by atoms with Gasteiger partial charge in [-0.1, -0.05) is 42.5 Å². The van der Waals surface area contributed by atoms with Crippen molar-refractivity contribution in [1.29, 1.82) is 0 Å². The van der Waals surface area contributed by atoms with E-state index in [4.69, 9.17) is 0 Å². The number of hydrogen-bond acceptors (Lipinski definition) is 4. The van der Waals surface area contributed by atoms with Gasteiger partial charge >= 0.3 is 0 Å². The Kier molecular flexibility index (Phi) is 6.43. The molecule has 1 aliphatic heterocycles. The van der Waals surface area contributed by atoms with E-state index in [0.717, 1.165) is 11.6 Å². The minimum Gasteiger partial charge on any atom is -0.339 e. The SMILES string of the molecule is C[C@H](NCC(=O)N1CCN(S(=O)(=O)c2ccccc2F)CC1)c1ccccc1. The van der Waals surface area contributed by atoms with E-state index in [9.17, 15) is 17.6 Å². The van der Waals surface area contributed by atoms with Crippen molar-refractivity contribution in [2.75, 3.05) is 32.7 Å². The smallest absolute Gasteiger partial charge is 0.246 e. The normalized spacial score (nSPS) is 16.7. The summed E-state index contributed by atoms with van der Waals surface area (Å²) in [6, 6.07) is 15.2. The van der Waals surface area contributed by atoms with Crippen molar-refractivity contribution in [1.82, 2.24) is 14.5 Å². The van der Waals surface area contributed by atoms with E-state index in [1.165, 1.54) is 22.5 Å². The number of carbonyl (C=O) groups excluding carboxylic acids is 1. The maximum atomic E-state index is 13.9. The first-order valence-electron chi connectivity index (χ1n) is 9.20. The first-order chi connectivity index (χ1) is 13.4. The lowest BCUT2D eigenvalue weighted by Crippen LogP contribution is -2.52. The number of rotatable bonds is 6. The number of carbonyl (C=O) groups is 1. The molecule has 3 rings (SSSR count). The molecule has 2 aromatic carbocycles. The number of sulfonamides is 1. The summed E-state index contributed by atoms with van der Waals surface area (Å²) in [6.07, 6.45) is 0. The summed E-state index contributed by atoms with van der Waals surface area (Å²) in [6.45, 7) is 3.03. The van der Waals surface area contributed by atoms with Crippen molar-refractivity contribution in [2.45, 2.75) is 17.9 Å². The molecule has 28 heavy (non-hydrogen) atoms. The minimum atomic E-state index is -3.90. The quantitative estimate of drug-likeness (QED) is 0.798. The third-order valence-corrected chi connectivity index (χ3v) is 6.84. The molecule has 0 spiro atoms. The molecule has 0 radical (unpaired) electrons. The molecule has 1 fully saturated rings. The highest BCUT2D eigenvalue weighted by Gasteiger charge is 2.31. The summed E-state index contributed by atoms with van der Waals surface area (Å²) in [5.41, 5.74) is 1.09. The second-order valence-corrected chi connectivity index (χ2v) is 8.63. The zero-order chi connectivity index (χ0) is 20.1. The van der Waals surface area contributed by atoms with Crippen LogP contribution < -0.4 is 5.32 Å². The van der Waals surface area contributed by atoms with Crippen LogP contribution in [0, 0.1) is 5.82 Å². The predicted molar refractivity (Wildman–Crippen MR) is 105 cm³/mol. The molecule has 150 valence electrons. The monoisotopic (exact) mass is 405 g/mol. The van der Waals surface area contributed by atoms with Crippen LogP contribution >= 0.6 is 0 Å². The zero-order valence-corrected chi connectivity index (χ0v) is 16.5. The van der Waals surface area contributed by atoms with Gasteiger partial charge in [0.05, 0.1) is 6.54 Å². The van der Waals surface area contributed by atoms with Gasteiger partial charge in [0.1, 0.15) is 10.7 Å². The summed E-state index contributed by atoms with van der Waals surface area (Å²) in [4.78, 5) is 13.8. The average Bonchev–Trinajstić information content (AvgIpc) is 2.72. The van der Waals surface area contributed by atoms with Crippen LogP contribution in [0.3, 0.4) is 0 Å². The molecule has 0 bridgehead atoms. The molecule has 1 N–H and O–H groups in total. The summed E-state index contributed by atoms with van der Waals surface area (Å²) >= 11 is 0. The van der Waals surface area contributed by atoms with E-state index in [0.29, 0.717) is 0 Å². The Labute approximate surface area is 165 Å². The highest BCUT2D eigenvalue weighted by atomic mass is 32.2. The lowest BCUT2D eigenvalue weighted by atomic mass is 10.1. The Morgan fingerprint density at radius 3 is 2.29 bits per heavy atom. The van der Waals surface area contributed by atoms with E-state index >= 15 is 0 Å². The third-order valence-electron chi connectivity index (χ3n) is 4.90. The largest absolute Gasteiger partial charge is 0.339 e. The number of benzene rings is 2. The second-order valence-electron chi connectivity index (χ2n) is 6.73. The van der Waals surface area contributed by atoms with Gasteiger partial charge in [0.2, 0.25) is 15.9 Å². The zero-order valence-electron chi connectivity index (χ0n) is 15.7. The van der Waals surface area contributed by atoms with Crippen molar-refractivity contribution in [2.24, 2.45) is 0 Å². The lowest BCUT2D eigenvalue weighted by molar-refractivity contribution is -0.131. The fourth-order valence-electron chi connectivity index (χ4n) is 3.18. The maximum Gasteiger partial charge on any atom is 0.246 e. The van der Waals surface area contributed by atoms with Crippen LogP contribution in [0.15, 0.2) is 59.5 Å². The minimum absolute atomic E-state index is 0.0351. The van der Waals surface area contributed by atoms with Gasteiger partial charge < -0.3 is 10.2 Å². The number of halogens is 1. The van der Waals surface area contributed by atoms with Crippen molar-refractivity contribution < 1.29 is 17.6 Å². The number of hydrogen-bond donors (Lipinski definition) is 1. The summed E-state index contributed by atoms with van der Waals surface area (Å²) in [7, 11) is -3.90. The van der Waals surface area contributed by atoms with Gasteiger partial charge in [0.25, 0.3) is 0 Å². The molecule has 0 aromatic heterocycles. The average molecular weight is 405 g/mol. The molecule has 0 saturated carbocycles. The fourth-order valence-corrected chi connectivity index (χ4v) is 4.67. The summed E-state index contributed by atoms with van der Waals surface area (Å²) in [5.74, 6) is -0.842. The molecular weight excluding hydrogens is 381 g/mol. The van der Waals surface area contributed by atoms with E-state index in [-0.39, 0.29) is 49.6 Å². The number of nitrogens with one attached hydrogen (secondary N) is 1. The molecule has 0 unspecified atom stereocenters. The molecule has 6 nitrogen and oxygen atoms in total. The van der Waals surface area contributed by atoms with Crippen LogP contribution in [0.1, 0.15) is 18.5 Å². The number of amides is 1. The van der Waals surface area contributed by atoms with Crippen LogP contribution in [-0.4, -0.2) is 56.3 Å². The molecule has 1 amide bonds. The molecule has 1 atom stereocenters. The Morgan fingerprint density at radius 2 is 1.64 bits per heavy atom. The van der Waals surface area contributed by atoms with E-state index in [1.54, 1.807) is 4.90 Å². The summed E-state index contributed by atoms with van der Waals surface area (Å²) < 4.78 is 40.4. The van der Waals surface area contributed by atoms with Crippen molar-refractivity contribution in [3.05, 3.63) is 66.0 Å². The lowest BCUT2D eigenvalue weighted by Gasteiger charge is -2.34. The van der Waals surface area contributed by atoms with E-state index in [2.05, 4.69) is 5.32 Å². The Bertz CT molecular complexity index is 913. The first kappa shape index (κ1) is 20.4. The van der Waals surface area contributed by atoms with E-state index < -0.39 is 15.8 Å². The number of piperazine rings is 1. The topological polar surface area (TPSA) is 69.7 Å². The van der Waals surface area contributed by atoms with Gasteiger partial charge in [-0.25, -0.2) is 12.8 Å². The Hall–Kier alpha value is -2.29. The molecule has 0 aliphatic carbocycles. The van der Waals surface area contributed by atoms with Crippen LogP contribution in [0.5, 0.6) is 0 Å². The fraction of sp³-hybridized carbons (Fsp3) is 0.350. The molecular formula is C20H24FN3O3S. The van der Waals surface area contributed by atoms with Crippen LogP contribution in [0.25, 0.3) is 0 Å². The molecule has 8 heteroatoms. The highest BCUT2D eigenvalue weighted by molar-refractivity contribution is 7.89. The van der Waals surface area contributed by atoms with Crippen LogP contribution in [-0.2, 0) is 14.8 Å². The standard InChI is InChI=1S/C20H24FN3O3S/c1-16(17-7-3-2-4-8-17)22-15-20(25)23-11-13-24(14-12-23)28(26,27)19-10-6-5-9-18(19)21/h2-10,16,22H,11-15H2,1H3/t16-/m0/s1. The highest BCUT2D eigenvalue weighted by Crippen LogP contribution is 2.20. The Morgan fingerprint density at radius 1 is 1.04 bits per heavy atom. The van der Waals surface area contributed by atoms with Gasteiger partial charge in [0.15, 0.2) is 0 Å².